The van der Waals surface area contributed by atoms with Crippen LogP contribution < -0.4 is 0 Å². The number of ether oxygens (including phenoxy) is 4. The summed E-state index contributed by atoms with van der Waals surface area (Å²) in [6.07, 6.45) is 42.4. The van der Waals surface area contributed by atoms with Crippen molar-refractivity contribution in [3.63, 3.8) is 0 Å². The van der Waals surface area contributed by atoms with Crippen LogP contribution in [-0.2, 0) is 65.4 Å². The Balaban J connectivity index is 5.07. The number of hydrogen-bond donors (Lipinski definition) is 3. The summed E-state index contributed by atoms with van der Waals surface area (Å²) in [6.45, 7) is 9.39. The standard InChI is InChI=1S/C66H128O17P2/c1-7-9-11-13-29-38-44-50-65(70)82-61(54-76-63(68)48-42-34-12-10-8-2)56-80-84(72,73)78-52-60(67)53-79-85(74,75)81-57-62(55-77-64(69)49-43-37-32-28-24-26-31-36-41-47-59(5)6)83-66(71)51-45-39-33-27-23-21-19-17-15-14-16-18-20-22-25-30-35-40-46-58(3)4/h58-62,67H,7-57H2,1-6H3,(H,72,73)(H,74,75)/t60-,61+,62+/m0/s1. The molecule has 5 atom stereocenters. The lowest BCUT2D eigenvalue weighted by Crippen LogP contribution is -2.30. The van der Waals surface area contributed by atoms with Crippen LogP contribution in [0.2, 0.25) is 0 Å². The highest BCUT2D eigenvalue weighted by Gasteiger charge is 2.30. The fraction of sp³-hybridized carbons (Fsp3) is 0.939. The largest absolute Gasteiger partial charge is 0.472 e. The van der Waals surface area contributed by atoms with Gasteiger partial charge in [0.15, 0.2) is 12.2 Å². The Kier molecular flexibility index (Phi) is 57.1. The second-order valence-corrected chi connectivity index (χ2v) is 27.7. The molecule has 0 spiro atoms. The number of phosphoric ester groups is 2. The third-order valence-electron chi connectivity index (χ3n) is 15.2. The SMILES string of the molecule is CCCCCCCCCC(=O)O[C@H](COC(=O)CCCCCCC)COP(=O)(O)OC[C@H](O)COP(=O)(O)OC[C@@H](COC(=O)CCCCCCCCCCCC(C)C)OC(=O)CCCCCCCCCCCCCCCCCCCCC(C)C. The fourth-order valence-corrected chi connectivity index (χ4v) is 11.5. The lowest BCUT2D eigenvalue weighted by atomic mass is 10.0. The van der Waals surface area contributed by atoms with E-state index in [1.165, 1.54) is 128 Å². The summed E-state index contributed by atoms with van der Waals surface area (Å²) in [5.74, 6) is -0.583. The summed E-state index contributed by atoms with van der Waals surface area (Å²) >= 11 is 0. The molecule has 0 aromatic heterocycles. The second-order valence-electron chi connectivity index (χ2n) is 24.8. The van der Waals surface area contributed by atoms with Crippen LogP contribution in [0.15, 0.2) is 0 Å². The monoisotopic (exact) mass is 1250 g/mol. The summed E-state index contributed by atoms with van der Waals surface area (Å²) < 4.78 is 67.7. The molecule has 2 unspecified atom stereocenters. The van der Waals surface area contributed by atoms with Crippen LogP contribution in [0.3, 0.4) is 0 Å². The molecule has 0 aromatic carbocycles. The molecular formula is C66H128O17P2. The van der Waals surface area contributed by atoms with Crippen LogP contribution in [0.4, 0.5) is 0 Å². The predicted molar refractivity (Wildman–Crippen MR) is 340 cm³/mol. The Bertz CT molecular complexity index is 1670. The summed E-state index contributed by atoms with van der Waals surface area (Å²) in [4.78, 5) is 71.9. The number of rotatable bonds is 65. The second kappa shape index (κ2) is 58.4. The number of esters is 4. The fourth-order valence-electron chi connectivity index (χ4n) is 9.88. The van der Waals surface area contributed by atoms with Gasteiger partial charge in [-0.15, -0.1) is 0 Å². The van der Waals surface area contributed by atoms with Crippen molar-refractivity contribution >= 4 is 39.5 Å². The van der Waals surface area contributed by atoms with E-state index in [-0.39, 0.29) is 25.7 Å². The van der Waals surface area contributed by atoms with Gasteiger partial charge in [0.1, 0.15) is 19.3 Å². The van der Waals surface area contributed by atoms with Gasteiger partial charge in [0, 0.05) is 25.7 Å². The van der Waals surface area contributed by atoms with Crippen molar-refractivity contribution in [3.8, 4) is 0 Å². The van der Waals surface area contributed by atoms with E-state index >= 15 is 0 Å². The van der Waals surface area contributed by atoms with E-state index in [9.17, 15) is 43.2 Å². The van der Waals surface area contributed by atoms with Crippen LogP contribution in [0.25, 0.3) is 0 Å². The Labute approximate surface area is 517 Å². The highest BCUT2D eigenvalue weighted by molar-refractivity contribution is 7.47. The van der Waals surface area contributed by atoms with E-state index in [0.29, 0.717) is 25.7 Å². The first-order valence-electron chi connectivity index (χ1n) is 34.5. The molecule has 0 heterocycles. The van der Waals surface area contributed by atoms with Crippen molar-refractivity contribution in [2.24, 2.45) is 11.8 Å². The lowest BCUT2D eigenvalue weighted by molar-refractivity contribution is -0.161. The molecule has 0 aliphatic rings. The molecule has 504 valence electrons. The van der Waals surface area contributed by atoms with E-state index in [2.05, 4.69) is 41.5 Å². The molecule has 19 heteroatoms. The Morgan fingerprint density at radius 1 is 0.318 bits per heavy atom. The van der Waals surface area contributed by atoms with E-state index in [4.69, 9.17) is 37.0 Å². The topological polar surface area (TPSA) is 237 Å². The minimum absolute atomic E-state index is 0.103. The maximum Gasteiger partial charge on any atom is 0.472 e. The van der Waals surface area contributed by atoms with Crippen LogP contribution >= 0.6 is 15.6 Å². The molecule has 0 aliphatic carbocycles. The van der Waals surface area contributed by atoms with E-state index in [1.807, 2.05) is 0 Å². The van der Waals surface area contributed by atoms with Crippen molar-refractivity contribution in [3.05, 3.63) is 0 Å². The van der Waals surface area contributed by atoms with Gasteiger partial charge in [0.2, 0.25) is 0 Å². The van der Waals surface area contributed by atoms with Gasteiger partial charge >= 0.3 is 39.5 Å². The molecule has 0 aliphatic heterocycles. The van der Waals surface area contributed by atoms with E-state index in [0.717, 1.165) is 121 Å². The molecule has 0 fully saturated rings. The molecule has 0 radical (unpaired) electrons. The molecular weight excluding hydrogens is 1130 g/mol. The van der Waals surface area contributed by atoms with Gasteiger partial charge in [0.25, 0.3) is 0 Å². The van der Waals surface area contributed by atoms with Crippen LogP contribution in [0.1, 0.15) is 330 Å². The van der Waals surface area contributed by atoms with Crippen molar-refractivity contribution in [2.75, 3.05) is 39.6 Å². The molecule has 0 aromatic rings. The average Bonchev–Trinajstić information content (AvgIpc) is 3.55. The third-order valence-corrected chi connectivity index (χ3v) is 17.1. The maximum absolute atomic E-state index is 13.0. The normalized spacial score (nSPS) is 14.2. The van der Waals surface area contributed by atoms with E-state index < -0.39 is 97.5 Å². The highest BCUT2D eigenvalue weighted by atomic mass is 31.2. The zero-order valence-corrected chi connectivity index (χ0v) is 56.7. The maximum atomic E-state index is 13.0. The zero-order chi connectivity index (χ0) is 62.9. The van der Waals surface area contributed by atoms with Gasteiger partial charge in [0.05, 0.1) is 26.4 Å². The summed E-state index contributed by atoms with van der Waals surface area (Å²) in [6, 6.07) is 0. The van der Waals surface area contributed by atoms with Crippen LogP contribution in [0.5, 0.6) is 0 Å². The summed E-state index contributed by atoms with van der Waals surface area (Å²) in [5, 5.41) is 10.5. The highest BCUT2D eigenvalue weighted by Crippen LogP contribution is 2.45. The van der Waals surface area contributed by atoms with Gasteiger partial charge in [-0.05, 0) is 37.5 Å². The lowest BCUT2D eigenvalue weighted by Gasteiger charge is -2.21. The molecule has 0 bridgehead atoms. The molecule has 0 rings (SSSR count). The van der Waals surface area contributed by atoms with Gasteiger partial charge in [-0.3, -0.25) is 37.3 Å². The first-order chi connectivity index (χ1) is 40.9. The molecule has 0 saturated carbocycles. The van der Waals surface area contributed by atoms with Gasteiger partial charge < -0.3 is 33.8 Å². The Morgan fingerprint density at radius 2 is 0.541 bits per heavy atom. The van der Waals surface area contributed by atoms with Crippen LogP contribution in [-0.4, -0.2) is 96.7 Å². The third kappa shape index (κ3) is 60.7. The first-order valence-corrected chi connectivity index (χ1v) is 37.5. The number of unbranched alkanes of at least 4 members (excludes halogenated alkanes) is 35. The minimum atomic E-state index is -4.94. The minimum Gasteiger partial charge on any atom is -0.462 e. The predicted octanol–water partition coefficient (Wildman–Crippen LogP) is 18.4. The molecule has 0 amide bonds. The van der Waals surface area contributed by atoms with Gasteiger partial charge in [-0.2, -0.15) is 0 Å². The first kappa shape index (κ1) is 83.1. The molecule has 0 saturated heterocycles. The van der Waals surface area contributed by atoms with Crippen molar-refractivity contribution in [1.82, 2.24) is 0 Å². The van der Waals surface area contributed by atoms with Crippen molar-refractivity contribution in [2.45, 2.75) is 349 Å². The average molecular weight is 1260 g/mol. The zero-order valence-electron chi connectivity index (χ0n) is 54.9. The Hall–Kier alpha value is -1.94. The van der Waals surface area contributed by atoms with Gasteiger partial charge in [-0.25, -0.2) is 9.13 Å². The smallest absolute Gasteiger partial charge is 0.462 e. The van der Waals surface area contributed by atoms with Crippen LogP contribution in [0, 0.1) is 11.8 Å². The number of carbonyl (C=O) groups is 4. The van der Waals surface area contributed by atoms with Gasteiger partial charge in [-0.1, -0.05) is 279 Å². The number of carbonyl (C=O) groups excluding carboxylic acids is 4. The summed E-state index contributed by atoms with van der Waals surface area (Å²) in [7, 11) is -9.87. The van der Waals surface area contributed by atoms with Crippen molar-refractivity contribution in [1.29, 1.82) is 0 Å². The number of aliphatic hydroxyl groups is 1. The number of aliphatic hydroxyl groups excluding tert-OH is 1. The number of hydrogen-bond acceptors (Lipinski definition) is 15. The van der Waals surface area contributed by atoms with Crippen molar-refractivity contribution < 1.29 is 80.2 Å². The number of phosphoric acid groups is 2. The summed E-state index contributed by atoms with van der Waals surface area (Å²) in [5.41, 5.74) is 0. The molecule has 17 nitrogen and oxygen atoms in total. The quantitative estimate of drug-likeness (QED) is 0.0222. The Morgan fingerprint density at radius 3 is 0.800 bits per heavy atom. The molecule has 3 N–H and O–H groups in total. The van der Waals surface area contributed by atoms with E-state index in [1.54, 1.807) is 0 Å². The molecule has 85 heavy (non-hydrogen) atoms.